The van der Waals surface area contributed by atoms with Crippen molar-refractivity contribution in [3.63, 3.8) is 0 Å². The summed E-state index contributed by atoms with van der Waals surface area (Å²) in [6.07, 6.45) is 1.67. The van der Waals surface area contributed by atoms with Crippen LogP contribution in [0.4, 0.5) is 5.69 Å². The molecule has 0 N–H and O–H groups in total. The van der Waals surface area contributed by atoms with E-state index < -0.39 is 10.0 Å². The van der Waals surface area contributed by atoms with Gasteiger partial charge in [-0.2, -0.15) is 4.31 Å². The van der Waals surface area contributed by atoms with Crippen molar-refractivity contribution in [2.75, 3.05) is 36.8 Å². The highest BCUT2D eigenvalue weighted by atomic mass is 32.2. The highest BCUT2D eigenvalue weighted by Gasteiger charge is 2.27. The van der Waals surface area contributed by atoms with Crippen molar-refractivity contribution in [1.29, 1.82) is 0 Å². The van der Waals surface area contributed by atoms with Crippen molar-refractivity contribution in [2.24, 2.45) is 0 Å². The molecule has 1 aromatic rings. The summed E-state index contributed by atoms with van der Waals surface area (Å²) in [5.74, 6) is 0.285. The van der Waals surface area contributed by atoms with Crippen LogP contribution in [-0.4, -0.2) is 44.7 Å². The molecule has 5 heteroatoms. The highest BCUT2D eigenvalue weighted by molar-refractivity contribution is 7.89. The first-order valence-corrected chi connectivity index (χ1v) is 9.35. The topological polar surface area (TPSA) is 40.6 Å². The smallest absolute Gasteiger partial charge is 0.214 e. The molecule has 0 amide bonds. The largest absolute Gasteiger partial charge is 0.368 e. The van der Waals surface area contributed by atoms with E-state index in [9.17, 15) is 8.42 Å². The number of para-hydroxylation sites is 1. The monoisotopic (exact) mass is 310 g/mol. The molecule has 1 heterocycles. The maximum absolute atomic E-state index is 12.2. The van der Waals surface area contributed by atoms with Gasteiger partial charge in [-0.15, -0.1) is 0 Å². The van der Waals surface area contributed by atoms with Gasteiger partial charge in [-0.25, -0.2) is 8.42 Å². The molecule has 0 bridgehead atoms. The Morgan fingerprint density at radius 3 is 2.14 bits per heavy atom. The van der Waals surface area contributed by atoms with Crippen molar-refractivity contribution in [3.05, 3.63) is 29.3 Å². The van der Waals surface area contributed by atoms with E-state index in [0.717, 1.165) is 25.9 Å². The number of piperazine rings is 1. The van der Waals surface area contributed by atoms with Crippen LogP contribution in [0.5, 0.6) is 0 Å². The number of hydrogen-bond donors (Lipinski definition) is 0. The minimum absolute atomic E-state index is 0.285. The minimum Gasteiger partial charge on any atom is -0.368 e. The maximum Gasteiger partial charge on any atom is 0.214 e. The van der Waals surface area contributed by atoms with Crippen LogP contribution < -0.4 is 4.90 Å². The van der Waals surface area contributed by atoms with Gasteiger partial charge in [0.15, 0.2) is 0 Å². The fourth-order valence-electron chi connectivity index (χ4n) is 2.95. The molecule has 0 aliphatic carbocycles. The fourth-order valence-corrected chi connectivity index (χ4v) is 4.58. The third kappa shape index (κ3) is 3.77. The summed E-state index contributed by atoms with van der Waals surface area (Å²) < 4.78 is 26.1. The Morgan fingerprint density at radius 2 is 1.62 bits per heavy atom. The lowest BCUT2D eigenvalue weighted by Gasteiger charge is -2.37. The van der Waals surface area contributed by atoms with Gasteiger partial charge in [0.05, 0.1) is 5.75 Å². The zero-order valence-corrected chi connectivity index (χ0v) is 14.1. The molecule has 21 heavy (non-hydrogen) atoms. The van der Waals surface area contributed by atoms with Crippen molar-refractivity contribution in [3.8, 4) is 0 Å². The van der Waals surface area contributed by atoms with Crippen molar-refractivity contribution in [1.82, 2.24) is 4.31 Å². The molecule has 0 spiro atoms. The van der Waals surface area contributed by atoms with E-state index in [2.05, 4.69) is 36.9 Å². The molecule has 118 valence electrons. The van der Waals surface area contributed by atoms with Gasteiger partial charge in [0.1, 0.15) is 0 Å². The zero-order chi connectivity index (χ0) is 15.5. The van der Waals surface area contributed by atoms with Crippen LogP contribution >= 0.6 is 0 Å². The molecular formula is C16H26N2O2S. The summed E-state index contributed by atoms with van der Waals surface area (Å²) in [7, 11) is -3.06. The van der Waals surface area contributed by atoms with Crippen LogP contribution in [0.25, 0.3) is 0 Å². The quantitative estimate of drug-likeness (QED) is 0.839. The van der Waals surface area contributed by atoms with Crippen LogP contribution in [0.2, 0.25) is 0 Å². The Labute approximate surface area is 128 Å². The minimum atomic E-state index is -3.06. The summed E-state index contributed by atoms with van der Waals surface area (Å²) in [4.78, 5) is 2.32. The van der Waals surface area contributed by atoms with E-state index in [1.54, 1.807) is 4.31 Å². The fraction of sp³-hybridized carbons (Fsp3) is 0.625. The summed E-state index contributed by atoms with van der Waals surface area (Å²) in [6.45, 7) is 9.00. The summed E-state index contributed by atoms with van der Waals surface area (Å²) in [5, 5.41) is 0. The maximum atomic E-state index is 12.2. The summed E-state index contributed by atoms with van der Waals surface area (Å²) in [5.41, 5.74) is 3.79. The molecule has 2 rings (SSSR count). The molecule has 1 aliphatic rings. The van der Waals surface area contributed by atoms with Crippen molar-refractivity contribution < 1.29 is 8.42 Å². The molecule has 1 saturated heterocycles. The number of anilines is 1. The van der Waals surface area contributed by atoms with E-state index in [1.165, 1.54) is 16.8 Å². The lowest BCUT2D eigenvalue weighted by Crippen LogP contribution is -2.49. The Morgan fingerprint density at radius 1 is 1.05 bits per heavy atom. The van der Waals surface area contributed by atoms with Crippen molar-refractivity contribution in [2.45, 2.75) is 33.6 Å². The van der Waals surface area contributed by atoms with Crippen LogP contribution in [0.1, 0.15) is 30.9 Å². The first-order chi connectivity index (χ1) is 9.95. The van der Waals surface area contributed by atoms with E-state index in [0.29, 0.717) is 13.1 Å². The van der Waals surface area contributed by atoms with Gasteiger partial charge in [0.25, 0.3) is 0 Å². The standard InChI is InChI=1S/C16H26N2O2S/c1-4-5-13-21(19,20)18-11-9-17(10-12-18)16-14(2)7-6-8-15(16)3/h6-8H,4-5,9-13H2,1-3H3. The van der Waals surface area contributed by atoms with E-state index in [1.807, 2.05) is 6.92 Å². The summed E-state index contributed by atoms with van der Waals surface area (Å²) >= 11 is 0. The SMILES string of the molecule is CCCCS(=O)(=O)N1CCN(c2c(C)cccc2C)CC1. The second-order valence-electron chi connectivity index (χ2n) is 5.80. The number of rotatable bonds is 5. The molecule has 1 aromatic carbocycles. The predicted molar refractivity (Wildman–Crippen MR) is 88.4 cm³/mol. The number of hydrogen-bond acceptors (Lipinski definition) is 3. The molecule has 1 aliphatic heterocycles. The molecule has 0 atom stereocenters. The lowest BCUT2D eigenvalue weighted by molar-refractivity contribution is 0.384. The summed E-state index contributed by atoms with van der Waals surface area (Å²) in [6, 6.07) is 6.30. The number of sulfonamides is 1. The van der Waals surface area contributed by atoms with Crippen LogP contribution in [-0.2, 0) is 10.0 Å². The highest BCUT2D eigenvalue weighted by Crippen LogP contribution is 2.26. The zero-order valence-electron chi connectivity index (χ0n) is 13.3. The second kappa shape index (κ2) is 6.79. The molecule has 0 unspecified atom stereocenters. The first kappa shape index (κ1) is 16.3. The van der Waals surface area contributed by atoms with E-state index in [-0.39, 0.29) is 5.75 Å². The van der Waals surface area contributed by atoms with Gasteiger partial charge < -0.3 is 4.90 Å². The van der Waals surface area contributed by atoms with Gasteiger partial charge in [-0.1, -0.05) is 31.5 Å². The molecule has 4 nitrogen and oxygen atoms in total. The average Bonchev–Trinajstić information content (AvgIpc) is 2.45. The number of aryl methyl sites for hydroxylation is 2. The second-order valence-corrected chi connectivity index (χ2v) is 7.88. The third-order valence-electron chi connectivity index (χ3n) is 4.14. The van der Waals surface area contributed by atoms with Gasteiger partial charge in [0, 0.05) is 31.9 Å². The predicted octanol–water partition coefficient (Wildman–Crippen LogP) is 2.56. The average molecular weight is 310 g/mol. The van der Waals surface area contributed by atoms with Gasteiger partial charge >= 0.3 is 0 Å². The van der Waals surface area contributed by atoms with Gasteiger partial charge in [-0.05, 0) is 31.4 Å². The van der Waals surface area contributed by atoms with E-state index >= 15 is 0 Å². The third-order valence-corrected chi connectivity index (χ3v) is 6.10. The Kier molecular flexibility index (Phi) is 5.27. The van der Waals surface area contributed by atoms with Gasteiger partial charge in [-0.3, -0.25) is 0 Å². The number of nitrogens with zero attached hydrogens (tertiary/aromatic N) is 2. The molecule has 0 saturated carbocycles. The van der Waals surface area contributed by atoms with Crippen LogP contribution in [0.15, 0.2) is 18.2 Å². The van der Waals surface area contributed by atoms with Crippen LogP contribution in [0.3, 0.4) is 0 Å². The Balaban J connectivity index is 2.04. The van der Waals surface area contributed by atoms with Crippen LogP contribution in [0, 0.1) is 13.8 Å². The normalized spacial score (nSPS) is 17.2. The molecule has 1 fully saturated rings. The lowest BCUT2D eigenvalue weighted by atomic mass is 10.1. The van der Waals surface area contributed by atoms with Gasteiger partial charge in [0.2, 0.25) is 10.0 Å². The van der Waals surface area contributed by atoms with Crippen molar-refractivity contribution >= 4 is 15.7 Å². The first-order valence-electron chi connectivity index (χ1n) is 7.74. The number of benzene rings is 1. The molecule has 0 aromatic heterocycles. The number of unbranched alkanes of at least 4 members (excludes halogenated alkanes) is 1. The Bertz CT molecular complexity index is 556. The Hall–Kier alpha value is -1.07. The van der Waals surface area contributed by atoms with E-state index in [4.69, 9.17) is 0 Å². The molecular weight excluding hydrogens is 284 g/mol. The molecule has 0 radical (unpaired) electrons.